The van der Waals surface area contributed by atoms with Gasteiger partial charge in [-0.25, -0.2) is 0 Å². The monoisotopic (exact) mass is 332 g/mol. The number of nitrogens with one attached hydrogen (secondary N) is 2. The first-order valence-corrected chi connectivity index (χ1v) is 7.44. The summed E-state index contributed by atoms with van der Waals surface area (Å²) in [5.74, 6) is 0.256. The fourth-order valence-electron chi connectivity index (χ4n) is 1.93. The molecule has 0 aliphatic carbocycles. The number of rotatable bonds is 6. The Morgan fingerprint density at radius 2 is 1.57 bits per heavy atom. The second kappa shape index (κ2) is 8.19. The van der Waals surface area contributed by atoms with Gasteiger partial charge in [0.2, 0.25) is 0 Å². The van der Waals surface area contributed by atoms with E-state index in [4.69, 9.17) is 16.3 Å². The molecule has 0 heterocycles. The first-order valence-electron chi connectivity index (χ1n) is 7.06. The van der Waals surface area contributed by atoms with Crippen molar-refractivity contribution in [1.82, 2.24) is 10.6 Å². The SMILES string of the molecule is COc1ccc(C(=O)NCCNC(=O)c2cccc(Cl)c2)cc1. The van der Waals surface area contributed by atoms with Gasteiger partial charge in [0, 0.05) is 29.2 Å². The van der Waals surface area contributed by atoms with Crippen LogP contribution in [0.25, 0.3) is 0 Å². The molecule has 0 saturated heterocycles. The smallest absolute Gasteiger partial charge is 0.251 e. The Kier molecular flexibility index (Phi) is 6.00. The van der Waals surface area contributed by atoms with Gasteiger partial charge in [0.25, 0.3) is 11.8 Å². The van der Waals surface area contributed by atoms with Crippen molar-refractivity contribution >= 4 is 23.4 Å². The van der Waals surface area contributed by atoms with Gasteiger partial charge in [-0.05, 0) is 42.5 Å². The molecular weight excluding hydrogens is 316 g/mol. The third kappa shape index (κ3) is 5.00. The Morgan fingerprint density at radius 1 is 0.957 bits per heavy atom. The van der Waals surface area contributed by atoms with Gasteiger partial charge in [-0.15, -0.1) is 0 Å². The molecule has 0 spiro atoms. The van der Waals surface area contributed by atoms with E-state index in [2.05, 4.69) is 10.6 Å². The third-order valence-electron chi connectivity index (χ3n) is 3.14. The lowest BCUT2D eigenvalue weighted by Gasteiger charge is -2.08. The summed E-state index contributed by atoms with van der Waals surface area (Å²) in [4.78, 5) is 23.8. The van der Waals surface area contributed by atoms with E-state index < -0.39 is 0 Å². The number of hydrogen-bond acceptors (Lipinski definition) is 3. The van der Waals surface area contributed by atoms with E-state index in [1.165, 1.54) is 0 Å². The molecular formula is C17H17ClN2O3. The fourth-order valence-corrected chi connectivity index (χ4v) is 2.12. The van der Waals surface area contributed by atoms with E-state index in [0.29, 0.717) is 35.0 Å². The molecule has 0 aliphatic heterocycles. The minimum absolute atomic E-state index is 0.204. The molecule has 2 N–H and O–H groups in total. The van der Waals surface area contributed by atoms with Gasteiger partial charge in [0.1, 0.15) is 5.75 Å². The van der Waals surface area contributed by atoms with Gasteiger partial charge in [0.15, 0.2) is 0 Å². The van der Waals surface area contributed by atoms with E-state index in [1.54, 1.807) is 55.6 Å². The van der Waals surface area contributed by atoms with Crippen LogP contribution in [0.1, 0.15) is 20.7 Å². The average molecular weight is 333 g/mol. The summed E-state index contributed by atoms with van der Waals surface area (Å²) >= 11 is 5.84. The molecule has 2 aromatic rings. The van der Waals surface area contributed by atoms with E-state index in [-0.39, 0.29) is 11.8 Å². The van der Waals surface area contributed by atoms with Gasteiger partial charge in [0.05, 0.1) is 7.11 Å². The predicted octanol–water partition coefficient (Wildman–Crippen LogP) is 2.51. The van der Waals surface area contributed by atoms with Crippen LogP contribution in [0.3, 0.4) is 0 Å². The van der Waals surface area contributed by atoms with Crippen LogP contribution >= 0.6 is 11.6 Å². The molecule has 6 heteroatoms. The normalized spacial score (nSPS) is 10.0. The molecule has 2 amide bonds. The number of carbonyl (C=O) groups excluding carboxylic acids is 2. The molecule has 0 radical (unpaired) electrons. The topological polar surface area (TPSA) is 67.4 Å². The van der Waals surface area contributed by atoms with E-state index in [9.17, 15) is 9.59 Å². The van der Waals surface area contributed by atoms with Crippen LogP contribution in [0.5, 0.6) is 5.75 Å². The molecule has 2 rings (SSSR count). The van der Waals surface area contributed by atoms with Crippen molar-refractivity contribution < 1.29 is 14.3 Å². The molecule has 0 bridgehead atoms. The Balaban J connectivity index is 1.76. The largest absolute Gasteiger partial charge is 0.497 e. The number of amides is 2. The molecule has 0 unspecified atom stereocenters. The number of methoxy groups -OCH3 is 1. The van der Waals surface area contributed by atoms with Gasteiger partial charge < -0.3 is 15.4 Å². The van der Waals surface area contributed by atoms with Crippen LogP contribution in [0.2, 0.25) is 5.02 Å². The van der Waals surface area contributed by atoms with Crippen molar-refractivity contribution in [2.45, 2.75) is 0 Å². The standard InChI is InChI=1S/C17H17ClN2O3/c1-23-15-7-5-12(6-8-15)16(21)19-9-10-20-17(22)13-3-2-4-14(18)11-13/h2-8,11H,9-10H2,1H3,(H,19,21)(H,20,22). The maximum absolute atomic E-state index is 11.9. The van der Waals surface area contributed by atoms with Crippen molar-refractivity contribution in [2.24, 2.45) is 0 Å². The number of halogens is 1. The maximum Gasteiger partial charge on any atom is 0.251 e. The quantitative estimate of drug-likeness (QED) is 0.799. The molecule has 120 valence electrons. The van der Waals surface area contributed by atoms with Gasteiger partial charge in [-0.3, -0.25) is 9.59 Å². The predicted molar refractivity (Wildman–Crippen MR) is 89.1 cm³/mol. The number of ether oxygens (including phenoxy) is 1. The lowest BCUT2D eigenvalue weighted by Crippen LogP contribution is -2.34. The zero-order chi connectivity index (χ0) is 16.7. The summed E-state index contributed by atoms with van der Waals surface area (Å²) in [5.41, 5.74) is 1.02. The van der Waals surface area contributed by atoms with Crippen molar-refractivity contribution in [3.8, 4) is 5.75 Å². The summed E-state index contributed by atoms with van der Waals surface area (Å²) < 4.78 is 5.04. The molecule has 5 nitrogen and oxygen atoms in total. The molecule has 0 aromatic heterocycles. The second-order valence-electron chi connectivity index (χ2n) is 4.75. The minimum Gasteiger partial charge on any atom is -0.497 e. The van der Waals surface area contributed by atoms with Crippen LogP contribution in [0.15, 0.2) is 48.5 Å². The van der Waals surface area contributed by atoms with E-state index in [1.807, 2.05) is 0 Å². The van der Waals surface area contributed by atoms with Crippen molar-refractivity contribution in [2.75, 3.05) is 20.2 Å². The van der Waals surface area contributed by atoms with Crippen LogP contribution < -0.4 is 15.4 Å². The summed E-state index contributed by atoms with van der Waals surface area (Å²) in [5, 5.41) is 5.96. The molecule has 0 fully saturated rings. The van der Waals surface area contributed by atoms with Gasteiger partial charge in [-0.1, -0.05) is 17.7 Å². The number of hydrogen-bond donors (Lipinski definition) is 2. The first-order chi connectivity index (χ1) is 11.1. The Bertz CT molecular complexity index is 686. The fraction of sp³-hybridized carbons (Fsp3) is 0.176. The van der Waals surface area contributed by atoms with Gasteiger partial charge in [-0.2, -0.15) is 0 Å². The lowest BCUT2D eigenvalue weighted by atomic mass is 10.2. The summed E-state index contributed by atoms with van der Waals surface area (Å²) in [6.07, 6.45) is 0. The lowest BCUT2D eigenvalue weighted by molar-refractivity contribution is 0.0927. The minimum atomic E-state index is -0.230. The molecule has 23 heavy (non-hydrogen) atoms. The van der Waals surface area contributed by atoms with Crippen LogP contribution in [-0.2, 0) is 0 Å². The summed E-state index contributed by atoms with van der Waals surface area (Å²) in [6.45, 7) is 0.657. The summed E-state index contributed by atoms with van der Waals surface area (Å²) in [7, 11) is 1.57. The number of carbonyl (C=O) groups is 2. The molecule has 0 atom stereocenters. The first kappa shape index (κ1) is 16.8. The van der Waals surface area contributed by atoms with Crippen molar-refractivity contribution in [3.05, 3.63) is 64.7 Å². The van der Waals surface area contributed by atoms with Crippen LogP contribution in [-0.4, -0.2) is 32.0 Å². The zero-order valence-corrected chi connectivity index (χ0v) is 13.4. The summed E-state index contributed by atoms with van der Waals surface area (Å²) in [6, 6.07) is 13.5. The average Bonchev–Trinajstić information content (AvgIpc) is 2.58. The Labute approximate surface area is 139 Å². The van der Waals surface area contributed by atoms with Gasteiger partial charge >= 0.3 is 0 Å². The molecule has 0 aliphatic rings. The number of benzene rings is 2. The third-order valence-corrected chi connectivity index (χ3v) is 3.37. The highest BCUT2D eigenvalue weighted by Crippen LogP contribution is 2.11. The molecule has 2 aromatic carbocycles. The van der Waals surface area contributed by atoms with E-state index >= 15 is 0 Å². The van der Waals surface area contributed by atoms with Crippen LogP contribution in [0, 0.1) is 0 Å². The Hall–Kier alpha value is -2.53. The zero-order valence-electron chi connectivity index (χ0n) is 12.6. The second-order valence-corrected chi connectivity index (χ2v) is 5.19. The maximum atomic E-state index is 11.9. The highest BCUT2D eigenvalue weighted by Gasteiger charge is 2.07. The highest BCUT2D eigenvalue weighted by molar-refractivity contribution is 6.30. The Morgan fingerprint density at radius 3 is 2.13 bits per heavy atom. The van der Waals surface area contributed by atoms with Crippen LogP contribution in [0.4, 0.5) is 0 Å². The van der Waals surface area contributed by atoms with Crippen molar-refractivity contribution in [1.29, 1.82) is 0 Å². The highest BCUT2D eigenvalue weighted by atomic mass is 35.5. The van der Waals surface area contributed by atoms with E-state index in [0.717, 1.165) is 0 Å². The van der Waals surface area contributed by atoms with Crippen molar-refractivity contribution in [3.63, 3.8) is 0 Å². The molecule has 0 saturated carbocycles.